The van der Waals surface area contributed by atoms with Crippen LogP contribution >= 0.6 is 0 Å². The van der Waals surface area contributed by atoms with Crippen molar-refractivity contribution in [3.05, 3.63) is 194 Å². The number of aromatic nitrogens is 3. The van der Waals surface area contributed by atoms with Gasteiger partial charge in [0.2, 0.25) is 0 Å². The van der Waals surface area contributed by atoms with E-state index in [9.17, 15) is 0 Å². The Hall–Kier alpha value is -7.82. The number of hydrogen-bond donors (Lipinski definition) is 0. The third-order valence-corrected chi connectivity index (χ3v) is 12.8. The highest BCUT2D eigenvalue weighted by atomic mass is 15.1. The fraction of sp³-hybridized carbons (Fsp3) is 0. The van der Waals surface area contributed by atoms with Crippen molar-refractivity contribution >= 4 is 115 Å². The van der Waals surface area contributed by atoms with E-state index in [1.165, 1.54) is 98.0 Å². The Morgan fingerprint density at radius 2 is 0.845 bits per heavy atom. The van der Waals surface area contributed by atoms with E-state index < -0.39 is 0 Å². The minimum absolute atomic E-state index is 1.13. The molecule has 0 unspecified atom stereocenters. The van der Waals surface area contributed by atoms with E-state index in [2.05, 4.69) is 212 Å². The van der Waals surface area contributed by atoms with Crippen LogP contribution in [-0.4, -0.2) is 13.4 Å². The highest BCUT2D eigenvalue weighted by molar-refractivity contribution is 6.39. The maximum absolute atomic E-state index is 2.60. The average molecular weight is 737 g/mol. The van der Waals surface area contributed by atoms with Gasteiger partial charge in [-0.15, -0.1) is 0 Å². The molecule has 5 heterocycles. The van der Waals surface area contributed by atoms with E-state index in [1.54, 1.807) is 0 Å². The minimum Gasteiger partial charge on any atom is -0.310 e. The standard InChI is InChI=1S/C54H32N4/c1-4-16-33(17-5-1)55(34-18-6-2-7-19-34)46-29-28-39-50-49(31-41-37-23-11-14-26-44(37)57-45-27-15-12-24-38(45)52(50)54(41)57)58-48-32-47-40(30-42(48)51(46)53(39)58)36-22-10-13-25-43(36)56(47)35-20-8-3-9-21-35/h1-32H. The highest BCUT2D eigenvalue weighted by Gasteiger charge is 2.29. The molecule has 0 spiro atoms. The molecule has 9 aromatic carbocycles. The van der Waals surface area contributed by atoms with Gasteiger partial charge in [-0.3, -0.25) is 0 Å². The van der Waals surface area contributed by atoms with Crippen LogP contribution in [0.4, 0.5) is 17.1 Å². The quantitative estimate of drug-likeness (QED) is 0.176. The van der Waals surface area contributed by atoms with Crippen molar-refractivity contribution in [2.24, 2.45) is 0 Å². The van der Waals surface area contributed by atoms with Gasteiger partial charge in [0, 0.05) is 70.9 Å². The van der Waals surface area contributed by atoms with Crippen LogP contribution in [0.15, 0.2) is 194 Å². The summed E-state index contributed by atoms with van der Waals surface area (Å²) in [4.78, 5) is 2.44. The molecular weight excluding hydrogens is 705 g/mol. The van der Waals surface area contributed by atoms with Gasteiger partial charge in [0.15, 0.2) is 0 Å². The van der Waals surface area contributed by atoms with Crippen LogP contribution in [0.1, 0.15) is 0 Å². The second kappa shape index (κ2) is 10.9. The third-order valence-electron chi connectivity index (χ3n) is 12.8. The van der Waals surface area contributed by atoms with Gasteiger partial charge in [-0.2, -0.15) is 0 Å². The molecule has 14 aromatic rings. The first-order valence-electron chi connectivity index (χ1n) is 20.0. The molecule has 0 atom stereocenters. The predicted octanol–water partition coefficient (Wildman–Crippen LogP) is 14.6. The molecule has 0 saturated heterocycles. The van der Waals surface area contributed by atoms with E-state index in [-0.39, 0.29) is 0 Å². The second-order valence-corrected chi connectivity index (χ2v) is 15.7. The van der Waals surface area contributed by atoms with E-state index in [4.69, 9.17) is 0 Å². The number of para-hydroxylation sites is 6. The summed E-state index contributed by atoms with van der Waals surface area (Å²) in [5, 5.41) is 12.8. The molecule has 0 amide bonds. The number of nitrogens with zero attached hydrogens (tertiary/aromatic N) is 4. The summed E-state index contributed by atoms with van der Waals surface area (Å²) in [7, 11) is 0. The first kappa shape index (κ1) is 30.4. The monoisotopic (exact) mass is 736 g/mol. The zero-order valence-corrected chi connectivity index (χ0v) is 31.3. The van der Waals surface area contributed by atoms with Crippen molar-refractivity contribution in [2.75, 3.05) is 4.90 Å². The summed E-state index contributed by atoms with van der Waals surface area (Å²) in [5.74, 6) is 0. The molecule has 0 aliphatic rings. The Balaban J connectivity index is 1.25. The third kappa shape index (κ3) is 3.70. The molecule has 0 aliphatic carbocycles. The Morgan fingerprint density at radius 3 is 1.55 bits per heavy atom. The molecule has 0 N–H and O–H groups in total. The van der Waals surface area contributed by atoms with Crippen LogP contribution in [0.25, 0.3) is 104 Å². The minimum atomic E-state index is 1.13. The van der Waals surface area contributed by atoms with E-state index in [1.807, 2.05) is 0 Å². The number of fused-ring (bicyclic) bond motifs is 16. The number of anilines is 3. The summed E-state index contributed by atoms with van der Waals surface area (Å²) < 4.78 is 7.55. The van der Waals surface area contributed by atoms with Crippen LogP contribution in [0, 0.1) is 0 Å². The van der Waals surface area contributed by atoms with Crippen molar-refractivity contribution in [2.45, 2.75) is 0 Å². The van der Waals surface area contributed by atoms with Crippen LogP contribution in [0.5, 0.6) is 0 Å². The molecule has 0 aliphatic heterocycles. The first-order chi connectivity index (χ1) is 28.8. The molecule has 268 valence electrons. The van der Waals surface area contributed by atoms with E-state index in [0.717, 1.165) is 22.7 Å². The van der Waals surface area contributed by atoms with Gasteiger partial charge < -0.3 is 18.3 Å². The zero-order valence-electron chi connectivity index (χ0n) is 31.3. The topological polar surface area (TPSA) is 17.0 Å². The van der Waals surface area contributed by atoms with E-state index >= 15 is 0 Å². The second-order valence-electron chi connectivity index (χ2n) is 15.7. The Morgan fingerprint density at radius 1 is 0.293 bits per heavy atom. The van der Waals surface area contributed by atoms with Crippen molar-refractivity contribution < 1.29 is 0 Å². The lowest BCUT2D eigenvalue weighted by Gasteiger charge is -2.26. The van der Waals surface area contributed by atoms with Gasteiger partial charge in [-0.1, -0.05) is 115 Å². The van der Waals surface area contributed by atoms with Gasteiger partial charge >= 0.3 is 0 Å². The van der Waals surface area contributed by atoms with Gasteiger partial charge in [-0.05, 0) is 78.9 Å². The Kier molecular flexibility index (Phi) is 5.73. The number of benzene rings is 9. The summed E-state index contributed by atoms with van der Waals surface area (Å²) in [6.07, 6.45) is 0. The smallest absolute Gasteiger partial charge is 0.0641 e. The fourth-order valence-corrected chi connectivity index (χ4v) is 10.6. The predicted molar refractivity (Wildman–Crippen MR) is 245 cm³/mol. The maximum atomic E-state index is 2.60. The zero-order chi connectivity index (χ0) is 37.6. The molecule has 0 bridgehead atoms. The van der Waals surface area contributed by atoms with Crippen LogP contribution in [0.3, 0.4) is 0 Å². The van der Waals surface area contributed by atoms with Crippen molar-refractivity contribution in [1.82, 2.24) is 13.4 Å². The summed E-state index contributed by atoms with van der Waals surface area (Å²) >= 11 is 0. The molecule has 5 aromatic heterocycles. The molecule has 0 fully saturated rings. The summed E-state index contributed by atoms with van der Waals surface area (Å²) in [5.41, 5.74) is 14.5. The lowest BCUT2D eigenvalue weighted by Crippen LogP contribution is -2.10. The van der Waals surface area contributed by atoms with Crippen LogP contribution in [0.2, 0.25) is 0 Å². The molecule has 4 heteroatoms. The molecule has 58 heavy (non-hydrogen) atoms. The summed E-state index contributed by atoms with van der Waals surface area (Å²) in [6.45, 7) is 0. The maximum Gasteiger partial charge on any atom is 0.0641 e. The normalized spacial score (nSPS) is 12.5. The molecular formula is C54H32N4. The van der Waals surface area contributed by atoms with Crippen molar-refractivity contribution in [3.8, 4) is 5.69 Å². The number of rotatable bonds is 4. The van der Waals surface area contributed by atoms with E-state index in [0.29, 0.717) is 0 Å². The molecule has 14 rings (SSSR count). The molecule has 4 nitrogen and oxygen atoms in total. The lowest BCUT2D eigenvalue weighted by atomic mass is 9.99. The Labute approximate surface area is 331 Å². The van der Waals surface area contributed by atoms with Crippen LogP contribution in [-0.2, 0) is 0 Å². The van der Waals surface area contributed by atoms with Gasteiger partial charge in [0.25, 0.3) is 0 Å². The average Bonchev–Trinajstić information content (AvgIpc) is 4.07. The largest absolute Gasteiger partial charge is 0.310 e. The summed E-state index contributed by atoms with van der Waals surface area (Å²) in [6, 6.07) is 71.4. The van der Waals surface area contributed by atoms with Crippen molar-refractivity contribution in [1.29, 1.82) is 0 Å². The highest BCUT2D eigenvalue weighted by Crippen LogP contribution is 2.52. The van der Waals surface area contributed by atoms with Gasteiger partial charge in [-0.25, -0.2) is 0 Å². The van der Waals surface area contributed by atoms with Crippen LogP contribution < -0.4 is 4.90 Å². The fourth-order valence-electron chi connectivity index (χ4n) is 10.6. The van der Waals surface area contributed by atoms with Crippen molar-refractivity contribution in [3.63, 3.8) is 0 Å². The van der Waals surface area contributed by atoms with Gasteiger partial charge in [0.1, 0.15) is 0 Å². The lowest BCUT2D eigenvalue weighted by molar-refractivity contribution is 1.18. The Bertz CT molecular complexity index is 3910. The van der Waals surface area contributed by atoms with Gasteiger partial charge in [0.05, 0.1) is 49.8 Å². The number of hydrogen-bond acceptors (Lipinski definition) is 1. The molecule has 0 radical (unpaired) electrons. The first-order valence-corrected chi connectivity index (χ1v) is 20.0. The molecule has 0 saturated carbocycles. The SMILES string of the molecule is c1ccc(N(c2ccccc2)c2ccc3c4c5c6ccccc6n6c7ccccc7c(cc4n4c7cc8c(cc7c2c34)c2ccccc2n8-c2ccccc2)c56)cc1.